The van der Waals surface area contributed by atoms with Crippen molar-refractivity contribution in [2.24, 2.45) is 0 Å². The predicted octanol–water partition coefficient (Wildman–Crippen LogP) is 4.58. The number of benzene rings is 2. The fourth-order valence-corrected chi connectivity index (χ4v) is 2.60. The fraction of sp³-hybridized carbons (Fsp3) is 0.118. The maximum absolute atomic E-state index is 11.2. The van der Waals surface area contributed by atoms with Crippen LogP contribution in [-0.2, 0) is 11.4 Å². The minimum atomic E-state index is -0.187. The molecule has 3 rings (SSSR count). The lowest BCUT2D eigenvalue weighted by molar-refractivity contribution is -0.114. The summed E-state index contributed by atoms with van der Waals surface area (Å²) in [7, 11) is 0. The molecule has 0 saturated heterocycles. The van der Waals surface area contributed by atoms with Crippen molar-refractivity contribution in [1.29, 1.82) is 0 Å². The SMILES string of the molecule is CC(=O)Nc1ccccc1OCc1nnc(-c2ccc(Cl)cc2Cl)o1. The van der Waals surface area contributed by atoms with Crippen molar-refractivity contribution in [3.63, 3.8) is 0 Å². The molecule has 0 aliphatic carbocycles. The van der Waals surface area contributed by atoms with Gasteiger partial charge in [0.05, 0.1) is 16.3 Å². The first-order chi connectivity index (χ1) is 12.0. The highest BCUT2D eigenvalue weighted by atomic mass is 35.5. The summed E-state index contributed by atoms with van der Waals surface area (Å²) in [5.74, 6) is 0.865. The standard InChI is InChI=1S/C17H13Cl2N3O3/c1-10(23)20-14-4-2-3-5-15(14)24-9-16-21-22-17(25-16)12-7-6-11(18)8-13(12)19/h2-8H,9H2,1H3,(H,20,23). The normalized spacial score (nSPS) is 10.5. The quantitative estimate of drug-likeness (QED) is 0.703. The van der Waals surface area contributed by atoms with Gasteiger partial charge in [-0.1, -0.05) is 35.3 Å². The first kappa shape index (κ1) is 17.3. The van der Waals surface area contributed by atoms with E-state index < -0.39 is 0 Å². The van der Waals surface area contributed by atoms with Crippen LogP contribution in [0.5, 0.6) is 5.75 Å². The van der Waals surface area contributed by atoms with E-state index in [4.69, 9.17) is 32.4 Å². The Labute approximate surface area is 153 Å². The summed E-state index contributed by atoms with van der Waals surface area (Å²) < 4.78 is 11.2. The summed E-state index contributed by atoms with van der Waals surface area (Å²) in [5.41, 5.74) is 1.15. The highest BCUT2D eigenvalue weighted by Gasteiger charge is 2.13. The lowest BCUT2D eigenvalue weighted by Gasteiger charge is -2.09. The van der Waals surface area contributed by atoms with Gasteiger partial charge in [-0.05, 0) is 30.3 Å². The van der Waals surface area contributed by atoms with E-state index in [-0.39, 0.29) is 24.3 Å². The first-order valence-corrected chi connectivity index (χ1v) is 8.06. The van der Waals surface area contributed by atoms with Crippen molar-refractivity contribution < 1.29 is 13.9 Å². The third kappa shape index (κ3) is 4.29. The van der Waals surface area contributed by atoms with Gasteiger partial charge in [0.1, 0.15) is 5.75 Å². The van der Waals surface area contributed by atoms with Gasteiger partial charge in [-0.25, -0.2) is 0 Å². The molecule has 0 fully saturated rings. The topological polar surface area (TPSA) is 77.2 Å². The number of ether oxygens (including phenoxy) is 1. The minimum Gasteiger partial charge on any atom is -0.482 e. The molecule has 8 heteroatoms. The molecule has 0 spiro atoms. The molecule has 0 bridgehead atoms. The number of carbonyl (C=O) groups excluding carboxylic acids is 1. The third-order valence-electron chi connectivity index (χ3n) is 3.18. The molecule has 25 heavy (non-hydrogen) atoms. The highest BCUT2D eigenvalue weighted by molar-refractivity contribution is 6.36. The monoisotopic (exact) mass is 377 g/mol. The number of hydrogen-bond donors (Lipinski definition) is 1. The largest absolute Gasteiger partial charge is 0.482 e. The van der Waals surface area contributed by atoms with E-state index in [2.05, 4.69) is 15.5 Å². The Morgan fingerprint density at radius 2 is 2.00 bits per heavy atom. The molecular formula is C17H13Cl2N3O3. The van der Waals surface area contributed by atoms with Gasteiger partial charge < -0.3 is 14.5 Å². The van der Waals surface area contributed by atoms with E-state index in [1.54, 1.807) is 42.5 Å². The molecular weight excluding hydrogens is 365 g/mol. The van der Waals surface area contributed by atoms with E-state index >= 15 is 0 Å². The highest BCUT2D eigenvalue weighted by Crippen LogP contribution is 2.30. The molecule has 0 saturated carbocycles. The van der Waals surface area contributed by atoms with Crippen LogP contribution in [0.2, 0.25) is 10.0 Å². The average Bonchev–Trinajstić information content (AvgIpc) is 3.02. The van der Waals surface area contributed by atoms with Crippen LogP contribution in [-0.4, -0.2) is 16.1 Å². The summed E-state index contributed by atoms with van der Waals surface area (Å²) in [6.07, 6.45) is 0. The summed E-state index contributed by atoms with van der Waals surface area (Å²) in [6, 6.07) is 12.1. The molecule has 6 nitrogen and oxygen atoms in total. The second-order valence-electron chi connectivity index (χ2n) is 5.09. The number of amides is 1. The van der Waals surface area contributed by atoms with Gasteiger partial charge in [-0.2, -0.15) is 0 Å². The smallest absolute Gasteiger partial charge is 0.254 e. The molecule has 0 radical (unpaired) electrons. The lowest BCUT2D eigenvalue weighted by atomic mass is 10.2. The Kier molecular flexibility index (Phi) is 5.21. The maximum Gasteiger partial charge on any atom is 0.254 e. The molecule has 1 N–H and O–H groups in total. The minimum absolute atomic E-state index is 0.0504. The van der Waals surface area contributed by atoms with Gasteiger partial charge in [-0.3, -0.25) is 4.79 Å². The Morgan fingerprint density at radius 3 is 2.76 bits per heavy atom. The molecule has 0 atom stereocenters. The van der Waals surface area contributed by atoms with Crippen LogP contribution in [0.15, 0.2) is 46.9 Å². The van der Waals surface area contributed by atoms with Crippen molar-refractivity contribution in [2.45, 2.75) is 13.5 Å². The van der Waals surface area contributed by atoms with Gasteiger partial charge in [0.2, 0.25) is 11.8 Å². The Hall–Kier alpha value is -2.57. The fourth-order valence-electron chi connectivity index (χ4n) is 2.11. The number of anilines is 1. The number of nitrogens with one attached hydrogen (secondary N) is 1. The molecule has 0 aliphatic rings. The van der Waals surface area contributed by atoms with E-state index in [0.717, 1.165) is 0 Å². The van der Waals surface area contributed by atoms with Gasteiger partial charge >= 0.3 is 0 Å². The summed E-state index contributed by atoms with van der Waals surface area (Å²) in [5, 5.41) is 11.5. The van der Waals surface area contributed by atoms with Crippen LogP contribution in [0.4, 0.5) is 5.69 Å². The number of aromatic nitrogens is 2. The molecule has 1 heterocycles. The second-order valence-corrected chi connectivity index (χ2v) is 5.93. The van der Waals surface area contributed by atoms with E-state index in [0.29, 0.717) is 27.0 Å². The van der Waals surface area contributed by atoms with Crippen LogP contribution in [0, 0.1) is 0 Å². The second kappa shape index (κ2) is 7.55. The van der Waals surface area contributed by atoms with Crippen molar-refractivity contribution >= 4 is 34.8 Å². The Balaban J connectivity index is 1.73. The van der Waals surface area contributed by atoms with Crippen LogP contribution < -0.4 is 10.1 Å². The number of hydrogen-bond acceptors (Lipinski definition) is 5. The summed E-state index contributed by atoms with van der Waals surface area (Å²) in [6.45, 7) is 1.48. The third-order valence-corrected chi connectivity index (χ3v) is 3.73. The molecule has 128 valence electrons. The van der Waals surface area contributed by atoms with E-state index in [1.807, 2.05) is 0 Å². The van der Waals surface area contributed by atoms with Crippen LogP contribution in [0.1, 0.15) is 12.8 Å². The number of nitrogens with zero attached hydrogens (tertiary/aromatic N) is 2. The van der Waals surface area contributed by atoms with Crippen molar-refractivity contribution in [3.8, 4) is 17.2 Å². The molecule has 1 aromatic heterocycles. The molecule has 0 unspecified atom stereocenters. The Bertz CT molecular complexity index is 912. The summed E-state index contributed by atoms with van der Waals surface area (Å²) in [4.78, 5) is 11.2. The van der Waals surface area contributed by atoms with Gasteiger partial charge in [0, 0.05) is 11.9 Å². The van der Waals surface area contributed by atoms with Crippen LogP contribution >= 0.6 is 23.2 Å². The van der Waals surface area contributed by atoms with Crippen LogP contribution in [0.25, 0.3) is 11.5 Å². The molecule has 1 amide bonds. The maximum atomic E-state index is 11.2. The zero-order valence-electron chi connectivity index (χ0n) is 13.1. The molecule has 0 aliphatic heterocycles. The molecule has 2 aromatic carbocycles. The Morgan fingerprint density at radius 1 is 1.20 bits per heavy atom. The van der Waals surface area contributed by atoms with E-state index in [9.17, 15) is 4.79 Å². The van der Waals surface area contributed by atoms with E-state index in [1.165, 1.54) is 6.92 Å². The van der Waals surface area contributed by atoms with Crippen molar-refractivity contribution in [2.75, 3.05) is 5.32 Å². The number of carbonyl (C=O) groups is 1. The van der Waals surface area contributed by atoms with Gasteiger partial charge in [-0.15, -0.1) is 10.2 Å². The van der Waals surface area contributed by atoms with Crippen molar-refractivity contribution in [1.82, 2.24) is 10.2 Å². The molecule has 3 aromatic rings. The van der Waals surface area contributed by atoms with Gasteiger partial charge in [0.15, 0.2) is 6.61 Å². The summed E-state index contributed by atoms with van der Waals surface area (Å²) >= 11 is 12.0. The zero-order valence-corrected chi connectivity index (χ0v) is 14.6. The van der Waals surface area contributed by atoms with Crippen LogP contribution in [0.3, 0.4) is 0 Å². The van der Waals surface area contributed by atoms with Gasteiger partial charge in [0.25, 0.3) is 5.89 Å². The zero-order chi connectivity index (χ0) is 17.8. The predicted molar refractivity (Wildman–Crippen MR) is 94.8 cm³/mol. The lowest BCUT2D eigenvalue weighted by Crippen LogP contribution is -2.07. The first-order valence-electron chi connectivity index (χ1n) is 7.30. The number of rotatable bonds is 5. The van der Waals surface area contributed by atoms with Crippen molar-refractivity contribution in [3.05, 3.63) is 58.4 Å². The number of para-hydroxylation sites is 2. The number of halogens is 2. The average molecular weight is 378 g/mol.